The summed E-state index contributed by atoms with van der Waals surface area (Å²) in [5.41, 5.74) is 2.47. The first-order valence-corrected chi connectivity index (χ1v) is 7.83. The summed E-state index contributed by atoms with van der Waals surface area (Å²) in [6.07, 6.45) is 3.48. The van der Waals surface area contributed by atoms with Gasteiger partial charge in [-0.15, -0.1) is 0 Å². The topological polar surface area (TPSA) is 77.1 Å². The number of anilines is 1. The van der Waals surface area contributed by atoms with Crippen LogP contribution in [0.2, 0.25) is 5.02 Å². The largest absolute Gasteiger partial charge is 0.423 e. The fourth-order valence-corrected chi connectivity index (χ4v) is 2.65. The highest BCUT2D eigenvalue weighted by atomic mass is 35.5. The van der Waals surface area contributed by atoms with E-state index in [0.29, 0.717) is 22.8 Å². The highest BCUT2D eigenvalue weighted by Crippen LogP contribution is 2.25. The first-order chi connectivity index (χ1) is 11.4. The third-order valence-electron chi connectivity index (χ3n) is 3.74. The molecule has 0 aliphatic heterocycles. The maximum atomic E-state index is 12.2. The molecule has 0 saturated heterocycles. The molecule has 24 heavy (non-hydrogen) atoms. The van der Waals surface area contributed by atoms with E-state index in [9.17, 15) is 9.59 Å². The first kappa shape index (κ1) is 16.3. The Kier molecular flexibility index (Phi) is 4.40. The van der Waals surface area contributed by atoms with Crippen LogP contribution in [0.3, 0.4) is 0 Å². The van der Waals surface area contributed by atoms with E-state index in [4.69, 9.17) is 16.0 Å². The predicted octanol–water partition coefficient (Wildman–Crippen LogP) is 3.29. The molecule has 0 radical (unpaired) electrons. The lowest BCUT2D eigenvalue weighted by atomic mass is 10.1. The second-order valence-corrected chi connectivity index (χ2v) is 6.07. The highest BCUT2D eigenvalue weighted by molar-refractivity contribution is 6.30. The summed E-state index contributed by atoms with van der Waals surface area (Å²) in [4.78, 5) is 23.6. The van der Waals surface area contributed by atoms with Crippen molar-refractivity contribution >= 4 is 34.2 Å². The summed E-state index contributed by atoms with van der Waals surface area (Å²) in [5, 5.41) is 8.26. The molecule has 7 heteroatoms. The Bertz CT molecular complexity index is 975. The van der Waals surface area contributed by atoms with Crippen LogP contribution in [-0.2, 0) is 11.3 Å². The summed E-state index contributed by atoms with van der Waals surface area (Å²) in [7, 11) is 0. The van der Waals surface area contributed by atoms with Crippen LogP contribution in [0.5, 0.6) is 0 Å². The summed E-state index contributed by atoms with van der Waals surface area (Å²) < 4.78 is 6.82. The molecule has 0 saturated carbocycles. The van der Waals surface area contributed by atoms with Crippen molar-refractivity contribution in [1.29, 1.82) is 0 Å². The predicted molar refractivity (Wildman–Crippen MR) is 92.4 cm³/mol. The van der Waals surface area contributed by atoms with Crippen molar-refractivity contribution in [3.63, 3.8) is 0 Å². The molecular weight excluding hydrogens is 330 g/mol. The number of benzene rings is 1. The molecule has 1 aromatic carbocycles. The molecule has 3 aromatic rings. The summed E-state index contributed by atoms with van der Waals surface area (Å²) in [6, 6.07) is 5.02. The van der Waals surface area contributed by atoms with Gasteiger partial charge in [0.1, 0.15) is 5.58 Å². The van der Waals surface area contributed by atoms with Crippen molar-refractivity contribution in [2.24, 2.45) is 0 Å². The maximum absolute atomic E-state index is 12.2. The van der Waals surface area contributed by atoms with Crippen LogP contribution in [0.15, 0.2) is 39.8 Å². The Morgan fingerprint density at radius 1 is 1.29 bits per heavy atom. The van der Waals surface area contributed by atoms with Gasteiger partial charge in [-0.05, 0) is 37.1 Å². The van der Waals surface area contributed by atoms with Gasteiger partial charge in [0.05, 0.1) is 11.2 Å². The average Bonchev–Trinajstić information content (AvgIpc) is 2.92. The minimum atomic E-state index is -0.380. The van der Waals surface area contributed by atoms with Gasteiger partial charge in [-0.3, -0.25) is 9.48 Å². The molecule has 1 amide bonds. The number of halogens is 1. The van der Waals surface area contributed by atoms with Crippen LogP contribution in [-0.4, -0.2) is 15.7 Å². The Hall–Kier alpha value is -2.60. The number of nitrogens with zero attached hydrogens (tertiary/aromatic N) is 2. The molecule has 0 atom stereocenters. The Labute approximate surface area is 143 Å². The molecule has 0 aliphatic carbocycles. The van der Waals surface area contributed by atoms with Crippen molar-refractivity contribution in [1.82, 2.24) is 9.78 Å². The van der Waals surface area contributed by atoms with E-state index >= 15 is 0 Å². The first-order valence-electron chi connectivity index (χ1n) is 7.45. The lowest BCUT2D eigenvalue weighted by Crippen LogP contribution is -2.15. The molecular formula is C17H16ClN3O3. The fourth-order valence-electron chi connectivity index (χ4n) is 2.49. The van der Waals surface area contributed by atoms with Crippen molar-refractivity contribution in [3.05, 3.63) is 57.2 Å². The number of amides is 1. The average molecular weight is 346 g/mol. The third kappa shape index (κ3) is 3.49. The quantitative estimate of drug-likeness (QED) is 0.736. The van der Waals surface area contributed by atoms with E-state index in [1.165, 1.54) is 12.3 Å². The molecule has 0 unspecified atom stereocenters. The van der Waals surface area contributed by atoms with Crippen molar-refractivity contribution in [2.75, 3.05) is 5.32 Å². The smallest absolute Gasteiger partial charge is 0.336 e. The van der Waals surface area contributed by atoms with Crippen LogP contribution in [0, 0.1) is 13.8 Å². The van der Waals surface area contributed by atoms with E-state index in [1.54, 1.807) is 16.9 Å². The zero-order chi connectivity index (χ0) is 17.3. The number of carbonyl (C=O) groups excluding carboxylic acids is 1. The minimum Gasteiger partial charge on any atom is -0.423 e. The van der Waals surface area contributed by atoms with Crippen molar-refractivity contribution in [3.8, 4) is 0 Å². The van der Waals surface area contributed by atoms with Crippen LogP contribution in [0.4, 0.5) is 5.69 Å². The highest BCUT2D eigenvalue weighted by Gasteiger charge is 2.10. The van der Waals surface area contributed by atoms with E-state index < -0.39 is 0 Å². The van der Waals surface area contributed by atoms with Gasteiger partial charge in [-0.1, -0.05) is 11.6 Å². The normalized spacial score (nSPS) is 11.0. The number of aryl methyl sites for hydroxylation is 3. The SMILES string of the molecule is Cc1cc2oc(=O)cc(C)c2cc1NC(=O)CCn1cc(Cl)cn1. The van der Waals surface area contributed by atoms with Gasteiger partial charge in [0.15, 0.2) is 0 Å². The number of hydrogen-bond donors (Lipinski definition) is 1. The zero-order valence-electron chi connectivity index (χ0n) is 13.3. The number of nitrogens with one attached hydrogen (secondary N) is 1. The van der Waals surface area contributed by atoms with Gasteiger partial charge >= 0.3 is 5.63 Å². The molecule has 0 fully saturated rings. The second-order valence-electron chi connectivity index (χ2n) is 5.63. The fraction of sp³-hybridized carbons (Fsp3) is 0.235. The molecule has 2 aromatic heterocycles. The number of rotatable bonds is 4. The summed E-state index contributed by atoms with van der Waals surface area (Å²) >= 11 is 5.79. The van der Waals surface area contributed by atoms with E-state index in [-0.39, 0.29) is 18.0 Å². The zero-order valence-corrected chi connectivity index (χ0v) is 14.1. The standard InChI is InChI=1S/C17H16ClN3O3/c1-10-6-17(23)24-15-5-11(2)14(7-13(10)15)20-16(22)3-4-21-9-12(18)8-19-21/h5-9H,3-4H2,1-2H3,(H,20,22). The third-order valence-corrected chi connectivity index (χ3v) is 3.94. The van der Waals surface area contributed by atoms with Gasteiger partial charge in [0, 0.05) is 36.3 Å². The van der Waals surface area contributed by atoms with Crippen LogP contribution >= 0.6 is 11.6 Å². The summed E-state index contributed by atoms with van der Waals surface area (Å²) in [5.74, 6) is -0.126. The lowest BCUT2D eigenvalue weighted by Gasteiger charge is -2.10. The second kappa shape index (κ2) is 6.49. The molecule has 3 rings (SSSR count). The van der Waals surface area contributed by atoms with Crippen LogP contribution in [0.25, 0.3) is 11.0 Å². The monoisotopic (exact) mass is 345 g/mol. The number of hydrogen-bond acceptors (Lipinski definition) is 4. The molecule has 0 spiro atoms. The maximum Gasteiger partial charge on any atom is 0.336 e. The number of carbonyl (C=O) groups is 1. The number of aromatic nitrogens is 2. The molecule has 2 heterocycles. The summed E-state index contributed by atoms with van der Waals surface area (Å²) in [6.45, 7) is 4.13. The molecule has 124 valence electrons. The van der Waals surface area contributed by atoms with Gasteiger partial charge in [0.2, 0.25) is 5.91 Å². The van der Waals surface area contributed by atoms with Gasteiger partial charge in [-0.2, -0.15) is 5.10 Å². The number of fused-ring (bicyclic) bond motifs is 1. The minimum absolute atomic E-state index is 0.126. The van der Waals surface area contributed by atoms with Crippen molar-refractivity contribution < 1.29 is 9.21 Å². The van der Waals surface area contributed by atoms with E-state index in [2.05, 4.69) is 10.4 Å². The molecule has 6 nitrogen and oxygen atoms in total. The van der Waals surface area contributed by atoms with E-state index in [1.807, 2.05) is 19.9 Å². The van der Waals surface area contributed by atoms with Gasteiger partial charge in [0.25, 0.3) is 0 Å². The molecule has 0 aliphatic rings. The Balaban J connectivity index is 1.77. The van der Waals surface area contributed by atoms with E-state index in [0.717, 1.165) is 16.5 Å². The van der Waals surface area contributed by atoms with Crippen LogP contribution < -0.4 is 10.9 Å². The van der Waals surface area contributed by atoms with Crippen molar-refractivity contribution in [2.45, 2.75) is 26.8 Å². The van der Waals surface area contributed by atoms with Gasteiger partial charge < -0.3 is 9.73 Å². The van der Waals surface area contributed by atoms with Gasteiger partial charge in [-0.25, -0.2) is 4.79 Å². The van der Waals surface area contributed by atoms with Crippen LogP contribution in [0.1, 0.15) is 17.5 Å². The molecule has 1 N–H and O–H groups in total. The lowest BCUT2D eigenvalue weighted by molar-refractivity contribution is -0.116. The molecule has 0 bridgehead atoms. The Morgan fingerprint density at radius 2 is 2.08 bits per heavy atom. The Morgan fingerprint density at radius 3 is 2.79 bits per heavy atom.